The van der Waals surface area contributed by atoms with Gasteiger partial charge >= 0.3 is 5.97 Å². The predicted octanol–water partition coefficient (Wildman–Crippen LogP) is 1.65. The van der Waals surface area contributed by atoms with Crippen molar-refractivity contribution in [2.75, 3.05) is 13.2 Å². The normalized spacial score (nSPS) is 30.6. The van der Waals surface area contributed by atoms with Gasteiger partial charge in [-0.2, -0.15) is 5.26 Å². The monoisotopic (exact) mass is 211 g/mol. The van der Waals surface area contributed by atoms with Gasteiger partial charge in [0.1, 0.15) is 0 Å². The minimum Gasteiger partial charge on any atom is -0.466 e. The molecule has 1 heterocycles. The van der Waals surface area contributed by atoms with Gasteiger partial charge in [-0.25, -0.2) is 0 Å². The minimum absolute atomic E-state index is 0.0433. The SMILES string of the molecule is CCOC(=O)CC1(C#N)CC(C)CCO1. The summed E-state index contributed by atoms with van der Waals surface area (Å²) in [6.07, 6.45) is 1.61. The Hall–Kier alpha value is -1.08. The summed E-state index contributed by atoms with van der Waals surface area (Å²) in [6.45, 7) is 4.71. The van der Waals surface area contributed by atoms with E-state index in [1.165, 1.54) is 0 Å². The fourth-order valence-electron chi connectivity index (χ4n) is 1.87. The van der Waals surface area contributed by atoms with Crippen molar-refractivity contribution in [1.29, 1.82) is 5.26 Å². The lowest BCUT2D eigenvalue weighted by molar-refractivity contribution is -0.151. The fraction of sp³-hybridized carbons (Fsp3) is 0.818. The van der Waals surface area contributed by atoms with Crippen molar-refractivity contribution in [2.24, 2.45) is 5.92 Å². The van der Waals surface area contributed by atoms with Crippen molar-refractivity contribution in [2.45, 2.75) is 38.7 Å². The molecule has 1 fully saturated rings. The Balaban J connectivity index is 2.60. The number of hydrogen-bond acceptors (Lipinski definition) is 4. The molecule has 0 amide bonds. The Morgan fingerprint density at radius 2 is 2.47 bits per heavy atom. The molecule has 1 aliphatic rings. The van der Waals surface area contributed by atoms with Gasteiger partial charge in [0.15, 0.2) is 5.60 Å². The maximum Gasteiger partial charge on any atom is 0.309 e. The fourth-order valence-corrected chi connectivity index (χ4v) is 1.87. The molecule has 0 aliphatic carbocycles. The molecular weight excluding hydrogens is 194 g/mol. The molecule has 0 spiro atoms. The van der Waals surface area contributed by atoms with Crippen LogP contribution in [-0.4, -0.2) is 24.8 Å². The van der Waals surface area contributed by atoms with Crippen molar-refractivity contribution < 1.29 is 14.3 Å². The Labute approximate surface area is 90.2 Å². The zero-order valence-electron chi connectivity index (χ0n) is 9.28. The zero-order chi connectivity index (χ0) is 11.3. The number of hydrogen-bond donors (Lipinski definition) is 0. The van der Waals surface area contributed by atoms with Crippen LogP contribution in [0, 0.1) is 17.2 Å². The van der Waals surface area contributed by atoms with Crippen LogP contribution < -0.4 is 0 Å². The van der Waals surface area contributed by atoms with Crippen LogP contribution in [0.15, 0.2) is 0 Å². The van der Waals surface area contributed by atoms with Crippen molar-refractivity contribution in [3.63, 3.8) is 0 Å². The lowest BCUT2D eigenvalue weighted by Crippen LogP contribution is -2.40. The largest absolute Gasteiger partial charge is 0.466 e. The molecule has 15 heavy (non-hydrogen) atoms. The molecule has 4 heteroatoms. The van der Waals surface area contributed by atoms with Crippen LogP contribution in [0.25, 0.3) is 0 Å². The van der Waals surface area contributed by atoms with Gasteiger partial charge < -0.3 is 9.47 Å². The lowest BCUT2D eigenvalue weighted by Gasteiger charge is -2.33. The second kappa shape index (κ2) is 5.13. The minimum atomic E-state index is -0.954. The average molecular weight is 211 g/mol. The molecular formula is C11H17NO3. The third-order valence-corrected chi connectivity index (χ3v) is 2.61. The number of ether oxygens (including phenoxy) is 2. The Morgan fingerprint density at radius 3 is 3.00 bits per heavy atom. The van der Waals surface area contributed by atoms with Gasteiger partial charge in [-0.3, -0.25) is 4.79 Å². The highest BCUT2D eigenvalue weighted by Gasteiger charge is 2.39. The molecule has 0 aromatic carbocycles. The van der Waals surface area contributed by atoms with Crippen LogP contribution in [0.2, 0.25) is 0 Å². The Morgan fingerprint density at radius 1 is 1.73 bits per heavy atom. The van der Waals surface area contributed by atoms with E-state index in [2.05, 4.69) is 13.0 Å². The van der Waals surface area contributed by atoms with E-state index in [9.17, 15) is 4.79 Å². The average Bonchev–Trinajstić information content (AvgIpc) is 2.18. The molecule has 84 valence electrons. The van der Waals surface area contributed by atoms with Crippen molar-refractivity contribution in [3.8, 4) is 6.07 Å². The quantitative estimate of drug-likeness (QED) is 0.666. The highest BCUT2D eigenvalue weighted by molar-refractivity contribution is 5.71. The molecule has 1 aliphatic heterocycles. The topological polar surface area (TPSA) is 59.3 Å². The van der Waals surface area contributed by atoms with E-state index >= 15 is 0 Å². The van der Waals surface area contributed by atoms with Crippen LogP contribution in [0.3, 0.4) is 0 Å². The summed E-state index contributed by atoms with van der Waals surface area (Å²) < 4.78 is 10.3. The van der Waals surface area contributed by atoms with E-state index in [0.717, 1.165) is 6.42 Å². The van der Waals surface area contributed by atoms with E-state index in [1.807, 2.05) is 0 Å². The summed E-state index contributed by atoms with van der Waals surface area (Å²) in [7, 11) is 0. The van der Waals surface area contributed by atoms with Gasteiger partial charge in [-0.15, -0.1) is 0 Å². The zero-order valence-corrected chi connectivity index (χ0v) is 9.28. The van der Waals surface area contributed by atoms with Crippen LogP contribution in [0.5, 0.6) is 0 Å². The number of rotatable bonds is 3. The van der Waals surface area contributed by atoms with E-state index in [1.54, 1.807) is 6.92 Å². The molecule has 0 aromatic rings. The third kappa shape index (κ3) is 3.21. The maximum atomic E-state index is 11.3. The van der Waals surface area contributed by atoms with Crippen molar-refractivity contribution in [1.82, 2.24) is 0 Å². The van der Waals surface area contributed by atoms with E-state index < -0.39 is 5.60 Å². The Kier molecular flexibility index (Phi) is 4.10. The second-order valence-corrected chi connectivity index (χ2v) is 4.03. The third-order valence-electron chi connectivity index (χ3n) is 2.61. The first-order valence-electron chi connectivity index (χ1n) is 5.32. The summed E-state index contributed by atoms with van der Waals surface area (Å²) in [4.78, 5) is 11.3. The molecule has 0 N–H and O–H groups in total. The molecule has 0 aromatic heterocycles. The van der Waals surface area contributed by atoms with Gasteiger partial charge in [-0.1, -0.05) is 6.92 Å². The molecule has 0 saturated carbocycles. The first-order chi connectivity index (χ1) is 7.12. The summed E-state index contributed by atoms with van der Waals surface area (Å²) >= 11 is 0. The smallest absolute Gasteiger partial charge is 0.309 e. The summed E-state index contributed by atoms with van der Waals surface area (Å²) in [6, 6.07) is 2.11. The molecule has 1 rings (SSSR count). The lowest BCUT2D eigenvalue weighted by atomic mass is 9.85. The number of esters is 1. The van der Waals surface area contributed by atoms with Gasteiger partial charge in [-0.05, 0) is 25.7 Å². The molecule has 0 radical (unpaired) electrons. The first kappa shape index (κ1) is 12.0. The first-order valence-corrected chi connectivity index (χ1v) is 5.32. The second-order valence-electron chi connectivity index (χ2n) is 4.03. The van der Waals surface area contributed by atoms with Gasteiger partial charge in [0.2, 0.25) is 0 Å². The summed E-state index contributed by atoms with van der Waals surface area (Å²) in [5, 5.41) is 9.09. The summed E-state index contributed by atoms with van der Waals surface area (Å²) in [5.74, 6) is 0.0703. The van der Waals surface area contributed by atoms with E-state index in [-0.39, 0.29) is 12.4 Å². The van der Waals surface area contributed by atoms with Crippen molar-refractivity contribution >= 4 is 5.97 Å². The van der Waals surface area contributed by atoms with E-state index in [0.29, 0.717) is 25.6 Å². The number of carbonyl (C=O) groups is 1. The highest BCUT2D eigenvalue weighted by Crippen LogP contribution is 2.31. The summed E-state index contributed by atoms with van der Waals surface area (Å²) in [5.41, 5.74) is -0.954. The number of nitrogens with zero attached hydrogens (tertiary/aromatic N) is 1. The number of nitriles is 1. The molecule has 1 saturated heterocycles. The van der Waals surface area contributed by atoms with Crippen LogP contribution in [-0.2, 0) is 14.3 Å². The van der Waals surface area contributed by atoms with E-state index in [4.69, 9.17) is 14.7 Å². The van der Waals surface area contributed by atoms with Crippen LogP contribution in [0.4, 0.5) is 0 Å². The highest BCUT2D eigenvalue weighted by atomic mass is 16.5. The molecule has 2 unspecified atom stereocenters. The van der Waals surface area contributed by atoms with Gasteiger partial charge in [0.25, 0.3) is 0 Å². The van der Waals surface area contributed by atoms with Crippen LogP contribution >= 0.6 is 0 Å². The van der Waals surface area contributed by atoms with Crippen LogP contribution in [0.1, 0.15) is 33.1 Å². The molecule has 2 atom stereocenters. The maximum absolute atomic E-state index is 11.3. The van der Waals surface area contributed by atoms with Gasteiger partial charge in [0.05, 0.1) is 19.1 Å². The number of carbonyl (C=O) groups excluding carboxylic acids is 1. The Bertz CT molecular complexity index is 271. The van der Waals surface area contributed by atoms with Gasteiger partial charge in [0, 0.05) is 6.61 Å². The molecule has 4 nitrogen and oxygen atoms in total. The van der Waals surface area contributed by atoms with Crippen molar-refractivity contribution in [3.05, 3.63) is 0 Å². The standard InChI is InChI=1S/C11H17NO3/c1-3-14-10(13)7-11(8-12)6-9(2)4-5-15-11/h9H,3-7H2,1-2H3. The molecule has 0 bridgehead atoms. The predicted molar refractivity (Wildman–Crippen MR) is 53.9 cm³/mol.